The second-order valence-corrected chi connectivity index (χ2v) is 15.1. The van der Waals surface area contributed by atoms with Crippen molar-refractivity contribution in [3.8, 4) is 11.5 Å². The zero-order chi connectivity index (χ0) is 34.7. The average molecular weight is 673 g/mol. The lowest BCUT2D eigenvalue weighted by Crippen LogP contribution is -2.45. The van der Waals surface area contributed by atoms with E-state index in [1.54, 1.807) is 11.1 Å². The molecule has 1 aliphatic carbocycles. The Morgan fingerprint density at radius 3 is 2.35 bits per heavy atom. The van der Waals surface area contributed by atoms with E-state index < -0.39 is 5.82 Å². The minimum Gasteiger partial charge on any atom is -0.451 e. The number of likely N-dealkylation sites (tertiary alicyclic amines) is 1. The van der Waals surface area contributed by atoms with E-state index in [4.69, 9.17) is 4.74 Å². The van der Waals surface area contributed by atoms with Crippen LogP contribution in [0, 0.1) is 31.0 Å². The monoisotopic (exact) mass is 672 g/mol. The molecule has 1 saturated carbocycles. The molecule has 6 rings (SSSR count). The molecule has 1 aromatic carbocycles. The van der Waals surface area contributed by atoms with Crippen molar-refractivity contribution in [2.24, 2.45) is 11.3 Å². The van der Waals surface area contributed by atoms with Crippen molar-refractivity contribution < 1.29 is 13.9 Å². The van der Waals surface area contributed by atoms with E-state index >= 15 is 0 Å². The van der Waals surface area contributed by atoms with Gasteiger partial charge >= 0.3 is 0 Å². The van der Waals surface area contributed by atoms with Crippen molar-refractivity contribution >= 4 is 17.7 Å². The Bertz CT molecular complexity index is 1570. The molecule has 2 saturated heterocycles. The summed E-state index contributed by atoms with van der Waals surface area (Å²) < 4.78 is 20.8. The number of nitrogens with zero attached hydrogens (tertiary/aromatic N) is 7. The zero-order valence-corrected chi connectivity index (χ0v) is 30.1. The number of amides is 1. The molecule has 10 nitrogen and oxygen atoms in total. The first kappa shape index (κ1) is 35.0. The maximum absolute atomic E-state index is 14.4. The number of aromatic nitrogens is 4. The number of rotatable bonds is 10. The topological polar surface area (TPSA) is 99.6 Å². The number of hydrogen-bond acceptors (Lipinski definition) is 9. The highest BCUT2D eigenvalue weighted by atomic mass is 19.1. The zero-order valence-electron chi connectivity index (χ0n) is 30.1. The molecule has 1 amide bonds. The molecule has 1 spiro atoms. The lowest BCUT2D eigenvalue weighted by molar-refractivity contribution is 0.0583. The van der Waals surface area contributed by atoms with Crippen molar-refractivity contribution in [2.45, 2.75) is 105 Å². The molecule has 2 aromatic heterocycles. The summed E-state index contributed by atoms with van der Waals surface area (Å²) in [4.78, 5) is 38.3. The molecular formula is C38H53FN8O2. The molecule has 2 aliphatic heterocycles. The lowest BCUT2D eigenvalue weighted by Gasteiger charge is -2.46. The van der Waals surface area contributed by atoms with Crippen molar-refractivity contribution in [2.75, 3.05) is 42.9 Å². The largest absolute Gasteiger partial charge is 0.451 e. The predicted octanol–water partition coefficient (Wildman–Crippen LogP) is 7.04. The average Bonchev–Trinajstić information content (AvgIpc) is 3.52. The number of piperidine rings is 1. The van der Waals surface area contributed by atoms with Gasteiger partial charge in [0.1, 0.15) is 17.9 Å². The highest BCUT2D eigenvalue weighted by Gasteiger charge is 2.39. The Balaban J connectivity index is 1.03. The van der Waals surface area contributed by atoms with Gasteiger partial charge in [0.25, 0.3) is 5.91 Å². The van der Waals surface area contributed by atoms with Crippen LogP contribution in [-0.4, -0.2) is 86.5 Å². The summed E-state index contributed by atoms with van der Waals surface area (Å²) in [6, 6.07) is 6.48. The van der Waals surface area contributed by atoms with Crippen LogP contribution >= 0.6 is 0 Å². The van der Waals surface area contributed by atoms with Crippen molar-refractivity contribution in [3.05, 3.63) is 59.6 Å². The third kappa shape index (κ3) is 8.31. The smallest absolute Gasteiger partial charge is 0.258 e. The number of halogens is 1. The first-order valence-electron chi connectivity index (χ1n) is 18.1. The molecule has 0 bridgehead atoms. The molecule has 264 valence electrons. The molecule has 0 unspecified atom stereocenters. The summed E-state index contributed by atoms with van der Waals surface area (Å²) in [5, 5.41) is 3.61. The van der Waals surface area contributed by atoms with Crippen LogP contribution in [0.2, 0.25) is 0 Å². The summed E-state index contributed by atoms with van der Waals surface area (Å²) in [6.45, 7) is 17.0. The summed E-state index contributed by atoms with van der Waals surface area (Å²) in [5.74, 6) is 2.04. The Kier molecular flexibility index (Phi) is 10.7. The van der Waals surface area contributed by atoms with Gasteiger partial charge in [-0.15, -0.1) is 0 Å². The third-order valence-electron chi connectivity index (χ3n) is 10.8. The fraction of sp³-hybridized carbons (Fsp3) is 0.605. The summed E-state index contributed by atoms with van der Waals surface area (Å²) in [5.41, 5.74) is 2.69. The molecule has 3 aliphatic rings. The number of ether oxygens (including phenoxy) is 1. The van der Waals surface area contributed by atoms with Crippen LogP contribution in [0.3, 0.4) is 0 Å². The molecule has 1 atom stereocenters. The number of hydrogen-bond donors (Lipinski definition) is 1. The van der Waals surface area contributed by atoms with Gasteiger partial charge < -0.3 is 24.8 Å². The lowest BCUT2D eigenvalue weighted by atomic mass is 9.67. The Morgan fingerprint density at radius 2 is 1.67 bits per heavy atom. The third-order valence-corrected chi connectivity index (χ3v) is 10.8. The van der Waals surface area contributed by atoms with Crippen LogP contribution in [0.25, 0.3) is 0 Å². The van der Waals surface area contributed by atoms with E-state index in [1.165, 1.54) is 63.1 Å². The van der Waals surface area contributed by atoms with Gasteiger partial charge in [-0.1, -0.05) is 0 Å². The minimum atomic E-state index is -0.480. The fourth-order valence-electron chi connectivity index (χ4n) is 8.30. The molecule has 4 heterocycles. The van der Waals surface area contributed by atoms with Crippen LogP contribution in [0.4, 0.5) is 16.2 Å². The fourth-order valence-corrected chi connectivity index (χ4v) is 8.30. The van der Waals surface area contributed by atoms with Gasteiger partial charge in [0.15, 0.2) is 11.6 Å². The number of anilines is 2. The van der Waals surface area contributed by atoms with Crippen LogP contribution in [0.1, 0.15) is 94.4 Å². The standard InChI is InChI=1S/C38H53FN8O2/c1-25(2)47(26(3)4)36(48)32-20-30(39)7-8-33(32)49-34-21-40-24-41-35(34)46-16-11-29(23-46)22-45-17-14-38(15-18-45)12-9-31(10-13-38)44-37-42-27(5)19-28(6)43-37/h7-8,19-21,24-26,29,31H,9-18,22-23H2,1-6H3,(H,42,43,44)/t29-/m0/s1. The highest BCUT2D eigenvalue weighted by molar-refractivity contribution is 5.97. The van der Waals surface area contributed by atoms with E-state index in [-0.39, 0.29) is 23.6 Å². The van der Waals surface area contributed by atoms with Gasteiger partial charge in [0.2, 0.25) is 5.95 Å². The number of aryl methyl sites for hydroxylation is 2. The predicted molar refractivity (Wildman–Crippen MR) is 191 cm³/mol. The second kappa shape index (κ2) is 14.9. The van der Waals surface area contributed by atoms with Crippen LogP contribution in [0.5, 0.6) is 11.5 Å². The van der Waals surface area contributed by atoms with E-state index in [0.717, 1.165) is 56.5 Å². The van der Waals surface area contributed by atoms with Gasteiger partial charge in [-0.25, -0.2) is 24.3 Å². The quantitative estimate of drug-likeness (QED) is 0.243. The minimum absolute atomic E-state index is 0.0483. The molecule has 3 aromatic rings. The van der Waals surface area contributed by atoms with Crippen molar-refractivity contribution in [3.63, 3.8) is 0 Å². The first-order chi connectivity index (χ1) is 23.5. The van der Waals surface area contributed by atoms with Crippen molar-refractivity contribution in [1.82, 2.24) is 29.7 Å². The van der Waals surface area contributed by atoms with Crippen LogP contribution in [0.15, 0.2) is 36.8 Å². The van der Waals surface area contributed by atoms with Gasteiger partial charge in [0, 0.05) is 49.1 Å². The Labute approximate surface area is 290 Å². The van der Waals surface area contributed by atoms with Crippen LogP contribution < -0.4 is 15.0 Å². The number of carbonyl (C=O) groups excluding carboxylic acids is 1. The van der Waals surface area contributed by atoms with Gasteiger partial charge in [-0.2, -0.15) is 0 Å². The first-order valence-corrected chi connectivity index (χ1v) is 18.1. The van der Waals surface area contributed by atoms with E-state index in [0.29, 0.717) is 34.7 Å². The Hall–Kier alpha value is -3.86. The normalized spacial score (nSPS) is 19.9. The highest BCUT2D eigenvalue weighted by Crippen LogP contribution is 2.45. The SMILES string of the molecule is Cc1cc(C)nc(NC2CCC3(CC2)CCN(C[C@@H]2CCN(c4ncncc4Oc4ccc(F)cc4C(=O)N(C(C)C)C(C)C)C2)CC3)n1. The van der Waals surface area contributed by atoms with E-state index in [2.05, 4.69) is 35.1 Å². The number of carbonyl (C=O) groups is 1. The maximum Gasteiger partial charge on any atom is 0.258 e. The van der Waals surface area contributed by atoms with E-state index in [1.807, 2.05) is 47.6 Å². The van der Waals surface area contributed by atoms with Gasteiger partial charge in [-0.3, -0.25) is 4.79 Å². The Morgan fingerprint density at radius 1 is 0.980 bits per heavy atom. The van der Waals surface area contributed by atoms with Gasteiger partial charge in [-0.05, 0) is 135 Å². The summed E-state index contributed by atoms with van der Waals surface area (Å²) in [7, 11) is 0. The maximum atomic E-state index is 14.4. The molecule has 11 heteroatoms. The summed E-state index contributed by atoms with van der Waals surface area (Å²) in [6.07, 6.45) is 11.7. The molecule has 1 N–H and O–H groups in total. The molecule has 0 radical (unpaired) electrons. The van der Waals surface area contributed by atoms with E-state index in [9.17, 15) is 9.18 Å². The van der Waals surface area contributed by atoms with Crippen LogP contribution in [-0.2, 0) is 0 Å². The molecular weight excluding hydrogens is 619 g/mol. The second-order valence-electron chi connectivity index (χ2n) is 15.1. The summed E-state index contributed by atoms with van der Waals surface area (Å²) >= 11 is 0. The number of nitrogens with one attached hydrogen (secondary N) is 1. The van der Waals surface area contributed by atoms with Gasteiger partial charge in [0.05, 0.1) is 11.8 Å². The molecule has 3 fully saturated rings. The molecule has 49 heavy (non-hydrogen) atoms. The van der Waals surface area contributed by atoms with Crippen molar-refractivity contribution in [1.29, 1.82) is 0 Å². The number of benzene rings is 1.